The van der Waals surface area contributed by atoms with Gasteiger partial charge >= 0.3 is 6.09 Å². The maximum atomic E-state index is 11.9. The van der Waals surface area contributed by atoms with Gasteiger partial charge in [-0.1, -0.05) is 20.8 Å². The average molecular weight is 263 g/mol. The maximum absolute atomic E-state index is 11.9. The standard InChI is InChI=1S/C13H23F2NO2/c1-13(2,3)9-4-6-10(7-5-9)16-12(17)18-8-11(14)15/h9-11H,4-8H2,1-3H3,(H,16,17). The van der Waals surface area contributed by atoms with E-state index < -0.39 is 19.1 Å². The van der Waals surface area contributed by atoms with E-state index in [1.165, 1.54) is 0 Å². The zero-order chi connectivity index (χ0) is 13.8. The summed E-state index contributed by atoms with van der Waals surface area (Å²) in [6.45, 7) is 5.84. The Hall–Kier alpha value is -0.870. The molecule has 1 aliphatic carbocycles. The van der Waals surface area contributed by atoms with Crippen molar-refractivity contribution in [1.29, 1.82) is 0 Å². The number of nitrogens with one attached hydrogen (secondary N) is 1. The molecule has 0 atom stereocenters. The Morgan fingerprint density at radius 3 is 2.28 bits per heavy atom. The first-order valence-electron chi connectivity index (χ1n) is 6.50. The van der Waals surface area contributed by atoms with E-state index in [0.717, 1.165) is 25.7 Å². The summed E-state index contributed by atoms with van der Waals surface area (Å²) >= 11 is 0. The minimum atomic E-state index is -2.60. The molecule has 18 heavy (non-hydrogen) atoms. The van der Waals surface area contributed by atoms with E-state index in [2.05, 4.69) is 30.8 Å². The van der Waals surface area contributed by atoms with E-state index in [9.17, 15) is 13.6 Å². The summed E-state index contributed by atoms with van der Waals surface area (Å²) in [7, 11) is 0. The van der Waals surface area contributed by atoms with Crippen molar-refractivity contribution in [3.63, 3.8) is 0 Å². The quantitative estimate of drug-likeness (QED) is 0.845. The van der Waals surface area contributed by atoms with Crippen molar-refractivity contribution in [2.45, 2.75) is 58.9 Å². The van der Waals surface area contributed by atoms with Crippen LogP contribution in [0.4, 0.5) is 13.6 Å². The molecule has 1 rings (SSSR count). The van der Waals surface area contributed by atoms with Crippen LogP contribution in [0, 0.1) is 11.3 Å². The molecule has 0 saturated heterocycles. The number of carbonyl (C=O) groups is 1. The van der Waals surface area contributed by atoms with Gasteiger partial charge in [0.2, 0.25) is 0 Å². The Morgan fingerprint density at radius 1 is 1.28 bits per heavy atom. The molecule has 0 aromatic rings. The fourth-order valence-electron chi connectivity index (χ4n) is 2.45. The summed E-state index contributed by atoms with van der Waals surface area (Å²) in [5.74, 6) is 0.660. The first kappa shape index (κ1) is 15.2. The maximum Gasteiger partial charge on any atom is 0.407 e. The van der Waals surface area contributed by atoms with E-state index >= 15 is 0 Å². The highest BCUT2D eigenvalue weighted by molar-refractivity contribution is 5.67. The molecule has 5 heteroatoms. The summed E-state index contributed by atoms with van der Waals surface area (Å²) in [5, 5.41) is 2.65. The van der Waals surface area contributed by atoms with Gasteiger partial charge in [-0.05, 0) is 37.0 Å². The van der Waals surface area contributed by atoms with Crippen molar-refractivity contribution < 1.29 is 18.3 Å². The molecule has 0 aliphatic heterocycles. The zero-order valence-corrected chi connectivity index (χ0v) is 11.3. The topological polar surface area (TPSA) is 38.3 Å². The second kappa shape index (κ2) is 6.34. The van der Waals surface area contributed by atoms with Gasteiger partial charge < -0.3 is 10.1 Å². The van der Waals surface area contributed by atoms with E-state index in [1.807, 2.05) is 0 Å². The highest BCUT2D eigenvalue weighted by Gasteiger charge is 2.30. The molecule has 3 nitrogen and oxygen atoms in total. The first-order valence-corrected chi connectivity index (χ1v) is 6.50. The van der Waals surface area contributed by atoms with Gasteiger partial charge in [0.1, 0.15) is 0 Å². The van der Waals surface area contributed by atoms with Gasteiger partial charge in [-0.2, -0.15) is 0 Å². The van der Waals surface area contributed by atoms with Crippen LogP contribution in [-0.2, 0) is 4.74 Å². The fourth-order valence-corrected chi connectivity index (χ4v) is 2.45. The van der Waals surface area contributed by atoms with Gasteiger partial charge in [0, 0.05) is 6.04 Å². The number of rotatable bonds is 3. The summed E-state index contributed by atoms with van der Waals surface area (Å²) in [4.78, 5) is 11.2. The van der Waals surface area contributed by atoms with Gasteiger partial charge in [-0.25, -0.2) is 13.6 Å². The number of halogens is 2. The predicted molar refractivity (Wildman–Crippen MR) is 65.7 cm³/mol. The average Bonchev–Trinajstić information content (AvgIpc) is 2.26. The van der Waals surface area contributed by atoms with E-state index in [-0.39, 0.29) is 6.04 Å². The minimum Gasteiger partial charge on any atom is -0.443 e. The molecule has 106 valence electrons. The number of alkyl halides is 2. The normalized spacial score (nSPS) is 25.0. The number of carbonyl (C=O) groups excluding carboxylic acids is 1. The lowest BCUT2D eigenvalue weighted by molar-refractivity contribution is 0.0459. The monoisotopic (exact) mass is 263 g/mol. The second-order valence-corrected chi connectivity index (χ2v) is 6.05. The third kappa shape index (κ3) is 5.19. The molecule has 0 bridgehead atoms. The predicted octanol–water partition coefficient (Wildman–Crippen LogP) is 3.58. The molecule has 1 saturated carbocycles. The first-order chi connectivity index (χ1) is 8.29. The van der Waals surface area contributed by atoms with E-state index in [4.69, 9.17) is 0 Å². The Balaban J connectivity index is 2.25. The summed E-state index contributed by atoms with van der Waals surface area (Å²) < 4.78 is 28.1. The molecule has 1 fully saturated rings. The van der Waals surface area contributed by atoms with Crippen LogP contribution in [0.5, 0.6) is 0 Å². The zero-order valence-electron chi connectivity index (χ0n) is 11.3. The molecule has 0 aromatic carbocycles. The number of hydrogen-bond donors (Lipinski definition) is 1. The molecule has 0 aromatic heterocycles. The summed E-state index contributed by atoms with van der Waals surface area (Å²) in [5.41, 5.74) is 0.293. The van der Waals surface area contributed by atoms with Gasteiger partial charge in [0.25, 0.3) is 6.43 Å². The third-order valence-corrected chi connectivity index (χ3v) is 3.61. The molecule has 0 heterocycles. The van der Waals surface area contributed by atoms with Crippen LogP contribution >= 0.6 is 0 Å². The highest BCUT2D eigenvalue weighted by Crippen LogP contribution is 2.37. The van der Waals surface area contributed by atoms with Gasteiger partial charge in [-0.3, -0.25) is 0 Å². The lowest BCUT2D eigenvalue weighted by Crippen LogP contribution is -2.40. The van der Waals surface area contributed by atoms with Crippen molar-refractivity contribution in [2.24, 2.45) is 11.3 Å². The van der Waals surface area contributed by atoms with Crippen molar-refractivity contribution >= 4 is 6.09 Å². The Bertz CT molecular complexity index is 269. The van der Waals surface area contributed by atoms with Crippen LogP contribution in [0.1, 0.15) is 46.5 Å². The number of ether oxygens (including phenoxy) is 1. The van der Waals surface area contributed by atoms with Crippen LogP contribution in [0.3, 0.4) is 0 Å². The van der Waals surface area contributed by atoms with Gasteiger partial charge in [-0.15, -0.1) is 0 Å². The second-order valence-electron chi connectivity index (χ2n) is 6.05. The smallest absolute Gasteiger partial charge is 0.407 e. The fraction of sp³-hybridized carbons (Fsp3) is 0.923. The molecule has 1 aliphatic rings. The van der Waals surface area contributed by atoms with Crippen LogP contribution in [0.15, 0.2) is 0 Å². The minimum absolute atomic E-state index is 0.0637. The van der Waals surface area contributed by atoms with Crippen LogP contribution in [-0.4, -0.2) is 25.2 Å². The summed E-state index contributed by atoms with van der Waals surface area (Å²) in [6, 6.07) is 0.0637. The van der Waals surface area contributed by atoms with Crippen molar-refractivity contribution in [3.8, 4) is 0 Å². The number of alkyl carbamates (subject to hydrolysis) is 1. The molecule has 0 radical (unpaired) electrons. The van der Waals surface area contributed by atoms with E-state index in [0.29, 0.717) is 11.3 Å². The Labute approximate surface area is 107 Å². The molecule has 1 amide bonds. The van der Waals surface area contributed by atoms with Gasteiger partial charge in [0.05, 0.1) is 0 Å². The SMILES string of the molecule is CC(C)(C)C1CCC(NC(=O)OCC(F)F)CC1. The Kier molecular flexibility index (Phi) is 5.35. The molecule has 1 N–H and O–H groups in total. The molecule has 0 spiro atoms. The largest absolute Gasteiger partial charge is 0.443 e. The molecule has 0 unspecified atom stereocenters. The van der Waals surface area contributed by atoms with Gasteiger partial charge in [0.15, 0.2) is 6.61 Å². The summed E-state index contributed by atoms with van der Waals surface area (Å²) in [6.07, 6.45) is 0.575. The van der Waals surface area contributed by atoms with Crippen molar-refractivity contribution in [3.05, 3.63) is 0 Å². The lowest BCUT2D eigenvalue weighted by atomic mass is 9.71. The van der Waals surface area contributed by atoms with Crippen LogP contribution in [0.2, 0.25) is 0 Å². The Morgan fingerprint density at radius 2 is 1.83 bits per heavy atom. The number of amides is 1. The van der Waals surface area contributed by atoms with E-state index in [1.54, 1.807) is 0 Å². The lowest BCUT2D eigenvalue weighted by Gasteiger charge is -2.37. The van der Waals surface area contributed by atoms with Crippen molar-refractivity contribution in [2.75, 3.05) is 6.61 Å². The van der Waals surface area contributed by atoms with Crippen LogP contribution < -0.4 is 5.32 Å². The number of hydrogen-bond acceptors (Lipinski definition) is 2. The molecular formula is C13H23F2NO2. The third-order valence-electron chi connectivity index (χ3n) is 3.61. The molecular weight excluding hydrogens is 240 g/mol. The highest BCUT2D eigenvalue weighted by atomic mass is 19.3. The van der Waals surface area contributed by atoms with Crippen molar-refractivity contribution in [1.82, 2.24) is 5.32 Å². The van der Waals surface area contributed by atoms with Crippen LogP contribution in [0.25, 0.3) is 0 Å².